The van der Waals surface area contributed by atoms with Crippen LogP contribution in [0.1, 0.15) is 13.8 Å². The van der Waals surface area contributed by atoms with Gasteiger partial charge in [0, 0.05) is 12.1 Å². The topological polar surface area (TPSA) is 35.2 Å². The van der Waals surface area contributed by atoms with Crippen LogP contribution in [-0.4, -0.2) is 12.6 Å². The van der Waals surface area contributed by atoms with E-state index < -0.39 is 0 Å². The molecule has 0 aromatic heterocycles. The van der Waals surface area contributed by atoms with Gasteiger partial charge in [-0.2, -0.15) is 0 Å². The molecule has 1 aromatic rings. The summed E-state index contributed by atoms with van der Waals surface area (Å²) in [5, 5.41) is 1.02. The van der Waals surface area contributed by atoms with Gasteiger partial charge in [0.25, 0.3) is 0 Å². The Hall–Kier alpha value is -0.440. The van der Waals surface area contributed by atoms with Gasteiger partial charge in [0.1, 0.15) is 12.4 Å². The van der Waals surface area contributed by atoms with Gasteiger partial charge in [-0.05, 0) is 18.1 Å². The van der Waals surface area contributed by atoms with E-state index in [0.29, 0.717) is 28.3 Å². The molecule has 1 aromatic carbocycles. The molecule has 15 heavy (non-hydrogen) atoms. The van der Waals surface area contributed by atoms with Crippen molar-refractivity contribution in [2.24, 2.45) is 11.7 Å². The third kappa shape index (κ3) is 3.90. The van der Waals surface area contributed by atoms with E-state index >= 15 is 0 Å². The van der Waals surface area contributed by atoms with Crippen LogP contribution in [-0.2, 0) is 0 Å². The van der Waals surface area contributed by atoms with Crippen molar-refractivity contribution in [3.8, 4) is 5.75 Å². The Morgan fingerprint density at radius 3 is 2.47 bits per heavy atom. The molecule has 2 nitrogen and oxygen atoms in total. The van der Waals surface area contributed by atoms with Gasteiger partial charge >= 0.3 is 0 Å². The summed E-state index contributed by atoms with van der Waals surface area (Å²) >= 11 is 11.6. The predicted molar refractivity (Wildman–Crippen MR) is 64.8 cm³/mol. The first-order valence-electron chi connectivity index (χ1n) is 4.84. The van der Waals surface area contributed by atoms with Crippen LogP contribution >= 0.6 is 23.2 Å². The molecule has 0 saturated carbocycles. The molecule has 0 aliphatic rings. The molecule has 0 aliphatic heterocycles. The summed E-state index contributed by atoms with van der Waals surface area (Å²) in [6.45, 7) is 4.60. The van der Waals surface area contributed by atoms with Crippen LogP contribution in [0.25, 0.3) is 0 Å². The summed E-state index contributed by atoms with van der Waals surface area (Å²) in [5.74, 6) is 1.09. The summed E-state index contributed by atoms with van der Waals surface area (Å²) in [7, 11) is 0. The monoisotopic (exact) mass is 247 g/mol. The summed E-state index contributed by atoms with van der Waals surface area (Å²) in [6, 6.07) is 5.21. The minimum Gasteiger partial charge on any atom is -0.492 e. The number of ether oxygens (including phenoxy) is 1. The third-order valence-corrected chi connectivity index (χ3v) is 2.93. The second kappa shape index (κ2) is 5.59. The molecule has 0 aliphatic carbocycles. The molecule has 0 radical (unpaired) electrons. The van der Waals surface area contributed by atoms with Gasteiger partial charge in [-0.3, -0.25) is 0 Å². The summed E-state index contributed by atoms with van der Waals surface area (Å²) in [5.41, 5.74) is 5.85. The fourth-order valence-corrected chi connectivity index (χ4v) is 1.24. The van der Waals surface area contributed by atoms with E-state index in [1.54, 1.807) is 18.2 Å². The molecule has 1 atom stereocenters. The first-order valence-corrected chi connectivity index (χ1v) is 5.59. The van der Waals surface area contributed by atoms with Crippen molar-refractivity contribution in [1.82, 2.24) is 0 Å². The lowest BCUT2D eigenvalue weighted by Crippen LogP contribution is -2.32. The Morgan fingerprint density at radius 1 is 1.27 bits per heavy atom. The minimum atomic E-state index is 0.0273. The Kier molecular flexibility index (Phi) is 4.71. The maximum atomic E-state index is 5.85. The third-order valence-electron chi connectivity index (χ3n) is 2.19. The van der Waals surface area contributed by atoms with Crippen LogP contribution in [0, 0.1) is 5.92 Å². The van der Waals surface area contributed by atoms with Crippen LogP contribution in [0.15, 0.2) is 18.2 Å². The van der Waals surface area contributed by atoms with E-state index in [2.05, 4.69) is 13.8 Å². The molecular weight excluding hydrogens is 233 g/mol. The van der Waals surface area contributed by atoms with Gasteiger partial charge in [-0.1, -0.05) is 37.0 Å². The Bertz CT molecular complexity index is 328. The molecule has 0 saturated heterocycles. The molecule has 2 N–H and O–H groups in total. The number of hydrogen-bond donors (Lipinski definition) is 1. The van der Waals surface area contributed by atoms with Gasteiger partial charge in [-0.15, -0.1) is 0 Å². The zero-order chi connectivity index (χ0) is 11.4. The number of hydrogen-bond acceptors (Lipinski definition) is 2. The van der Waals surface area contributed by atoms with Crippen LogP contribution in [0.5, 0.6) is 5.75 Å². The Morgan fingerprint density at radius 2 is 1.93 bits per heavy atom. The number of nitrogens with two attached hydrogens (primary N) is 1. The fraction of sp³-hybridized carbons (Fsp3) is 0.455. The van der Waals surface area contributed by atoms with Crippen LogP contribution in [0.3, 0.4) is 0 Å². The first kappa shape index (κ1) is 12.6. The first-order chi connectivity index (χ1) is 7.00. The predicted octanol–water partition coefficient (Wildman–Crippen LogP) is 3.36. The van der Waals surface area contributed by atoms with Gasteiger partial charge in [0.2, 0.25) is 0 Å². The SMILES string of the molecule is CC(C)[C@@H](N)COc1ccc(Cl)c(Cl)c1. The summed E-state index contributed by atoms with van der Waals surface area (Å²) < 4.78 is 5.50. The van der Waals surface area contributed by atoms with E-state index in [-0.39, 0.29) is 6.04 Å². The molecule has 1 rings (SSSR count). The average molecular weight is 248 g/mol. The zero-order valence-corrected chi connectivity index (χ0v) is 10.3. The molecule has 0 bridgehead atoms. The highest BCUT2D eigenvalue weighted by molar-refractivity contribution is 6.42. The molecular formula is C11H15Cl2NO. The number of halogens is 2. The van der Waals surface area contributed by atoms with Gasteiger partial charge in [0.15, 0.2) is 0 Å². The van der Waals surface area contributed by atoms with Crippen molar-refractivity contribution in [1.29, 1.82) is 0 Å². The average Bonchev–Trinajstić information content (AvgIpc) is 2.19. The van der Waals surface area contributed by atoms with Crippen LogP contribution < -0.4 is 10.5 Å². The lowest BCUT2D eigenvalue weighted by molar-refractivity contribution is 0.259. The van der Waals surface area contributed by atoms with Gasteiger partial charge < -0.3 is 10.5 Å². The lowest BCUT2D eigenvalue weighted by atomic mass is 10.1. The number of rotatable bonds is 4. The van der Waals surface area contributed by atoms with Crippen molar-refractivity contribution >= 4 is 23.2 Å². The quantitative estimate of drug-likeness (QED) is 0.886. The highest BCUT2D eigenvalue weighted by Crippen LogP contribution is 2.26. The maximum Gasteiger partial charge on any atom is 0.120 e. The fourth-order valence-electron chi connectivity index (χ4n) is 0.952. The highest BCUT2D eigenvalue weighted by atomic mass is 35.5. The maximum absolute atomic E-state index is 5.85. The Labute approximate surface area is 100 Å². The van der Waals surface area contributed by atoms with Gasteiger partial charge in [-0.25, -0.2) is 0 Å². The smallest absolute Gasteiger partial charge is 0.120 e. The lowest BCUT2D eigenvalue weighted by Gasteiger charge is -2.16. The van der Waals surface area contributed by atoms with Crippen LogP contribution in [0.2, 0.25) is 10.0 Å². The van der Waals surface area contributed by atoms with Crippen molar-refractivity contribution in [3.63, 3.8) is 0 Å². The standard InChI is InChI=1S/C11H15Cl2NO/c1-7(2)11(14)6-15-8-3-4-9(12)10(13)5-8/h3-5,7,11H,6,14H2,1-2H3/t11-/m0/s1. The summed E-state index contributed by atoms with van der Waals surface area (Å²) in [6.07, 6.45) is 0. The molecule has 84 valence electrons. The van der Waals surface area contributed by atoms with Crippen molar-refractivity contribution in [2.45, 2.75) is 19.9 Å². The molecule has 0 heterocycles. The van der Waals surface area contributed by atoms with Crippen LogP contribution in [0.4, 0.5) is 0 Å². The van der Waals surface area contributed by atoms with E-state index in [0.717, 1.165) is 0 Å². The van der Waals surface area contributed by atoms with E-state index in [4.69, 9.17) is 33.7 Å². The number of benzene rings is 1. The van der Waals surface area contributed by atoms with E-state index in [9.17, 15) is 0 Å². The Balaban J connectivity index is 2.55. The molecule has 0 spiro atoms. The minimum absolute atomic E-state index is 0.0273. The zero-order valence-electron chi connectivity index (χ0n) is 8.84. The van der Waals surface area contributed by atoms with Crippen molar-refractivity contribution < 1.29 is 4.74 Å². The largest absolute Gasteiger partial charge is 0.492 e. The normalized spacial score (nSPS) is 12.9. The highest BCUT2D eigenvalue weighted by Gasteiger charge is 2.08. The molecule has 0 unspecified atom stereocenters. The van der Waals surface area contributed by atoms with Crippen molar-refractivity contribution in [3.05, 3.63) is 28.2 Å². The van der Waals surface area contributed by atoms with E-state index in [1.165, 1.54) is 0 Å². The molecule has 4 heteroatoms. The molecule has 0 amide bonds. The molecule has 0 fully saturated rings. The summed E-state index contributed by atoms with van der Waals surface area (Å²) in [4.78, 5) is 0. The second-order valence-corrected chi connectivity index (χ2v) is 4.61. The van der Waals surface area contributed by atoms with E-state index in [1.807, 2.05) is 0 Å². The second-order valence-electron chi connectivity index (χ2n) is 3.79. The van der Waals surface area contributed by atoms with Crippen molar-refractivity contribution in [2.75, 3.05) is 6.61 Å². The van der Waals surface area contributed by atoms with Gasteiger partial charge in [0.05, 0.1) is 10.0 Å².